The van der Waals surface area contributed by atoms with Gasteiger partial charge in [0.15, 0.2) is 0 Å². The minimum absolute atomic E-state index is 0.0458. The van der Waals surface area contributed by atoms with Crippen LogP contribution >= 0.6 is 12.2 Å². The smallest absolute Gasteiger partial charge is 0.237 e. The summed E-state index contributed by atoms with van der Waals surface area (Å²) in [6, 6.07) is 4.11. The molecule has 2 N–H and O–H groups in total. The van der Waals surface area contributed by atoms with E-state index in [-0.39, 0.29) is 39.9 Å². The normalized spacial score (nSPS) is 25.3. The Kier molecular flexibility index (Phi) is 2.25. The number of carbonyl (C=O) groups is 2. The summed E-state index contributed by atoms with van der Waals surface area (Å²) in [4.78, 5) is 24.7. The lowest BCUT2D eigenvalue weighted by molar-refractivity contribution is -0.123. The van der Waals surface area contributed by atoms with Gasteiger partial charge < -0.3 is 5.73 Å². The van der Waals surface area contributed by atoms with Gasteiger partial charge in [0.2, 0.25) is 11.8 Å². The van der Waals surface area contributed by atoms with Gasteiger partial charge in [0.05, 0.1) is 23.1 Å². The van der Waals surface area contributed by atoms with Gasteiger partial charge >= 0.3 is 0 Å². The molecule has 2 fully saturated rings. The number of nitrogens with two attached hydrogens (primary N) is 1. The van der Waals surface area contributed by atoms with Crippen LogP contribution in [0.4, 0.5) is 10.1 Å². The van der Waals surface area contributed by atoms with Crippen LogP contribution in [0, 0.1) is 17.7 Å². The second-order valence-electron chi connectivity index (χ2n) is 4.46. The van der Waals surface area contributed by atoms with Crippen LogP contribution < -0.4 is 10.6 Å². The van der Waals surface area contributed by atoms with Gasteiger partial charge in [0, 0.05) is 0 Å². The first-order valence-corrected chi connectivity index (χ1v) is 5.89. The molecule has 3 rings (SSSR count). The van der Waals surface area contributed by atoms with Crippen LogP contribution in [-0.4, -0.2) is 16.8 Å². The van der Waals surface area contributed by atoms with Gasteiger partial charge in [-0.05, 0) is 18.6 Å². The monoisotopic (exact) mass is 264 g/mol. The molecule has 18 heavy (non-hydrogen) atoms. The average molecular weight is 264 g/mol. The quantitative estimate of drug-likeness (QED) is 0.638. The molecule has 0 aromatic heterocycles. The number of piperidine rings is 1. The molecule has 1 aliphatic heterocycles. The summed E-state index contributed by atoms with van der Waals surface area (Å²) < 4.78 is 13.7. The van der Waals surface area contributed by atoms with E-state index in [0.29, 0.717) is 6.42 Å². The summed E-state index contributed by atoms with van der Waals surface area (Å²) in [6.07, 6.45) is 0.603. The SMILES string of the molecule is NC(=S)c1c(F)cccc1N1C(=O)C2CC2C1=O. The van der Waals surface area contributed by atoms with Crippen LogP contribution in [0.3, 0.4) is 0 Å². The van der Waals surface area contributed by atoms with Gasteiger partial charge in [-0.2, -0.15) is 0 Å². The second kappa shape index (κ2) is 3.58. The van der Waals surface area contributed by atoms with Crippen LogP contribution in [-0.2, 0) is 9.59 Å². The first kappa shape index (κ1) is 11.3. The molecule has 2 amide bonds. The Morgan fingerprint density at radius 2 is 1.94 bits per heavy atom. The molecular formula is C12H9FN2O2S. The molecule has 1 heterocycles. The number of hydrogen-bond donors (Lipinski definition) is 1. The van der Waals surface area contributed by atoms with Gasteiger partial charge in [0.1, 0.15) is 10.8 Å². The number of amides is 2. The Hall–Kier alpha value is -1.82. The fraction of sp³-hybridized carbons (Fsp3) is 0.250. The summed E-state index contributed by atoms with van der Waals surface area (Å²) in [5, 5.41) is 0. The summed E-state index contributed by atoms with van der Waals surface area (Å²) in [5.74, 6) is -1.66. The molecule has 1 aromatic carbocycles. The molecule has 1 aromatic rings. The lowest BCUT2D eigenvalue weighted by atomic mass is 10.1. The zero-order valence-electron chi connectivity index (χ0n) is 9.22. The highest BCUT2D eigenvalue weighted by Gasteiger charge is 2.59. The minimum Gasteiger partial charge on any atom is -0.389 e. The van der Waals surface area contributed by atoms with Crippen molar-refractivity contribution in [2.24, 2.45) is 17.6 Å². The van der Waals surface area contributed by atoms with E-state index in [2.05, 4.69) is 0 Å². The summed E-state index contributed by atoms with van der Waals surface area (Å²) in [6.45, 7) is 0. The summed E-state index contributed by atoms with van der Waals surface area (Å²) in [7, 11) is 0. The first-order chi connectivity index (χ1) is 8.52. The lowest BCUT2D eigenvalue weighted by Gasteiger charge is -2.19. The number of thiocarbonyl (C=S) groups is 1. The number of nitrogens with zero attached hydrogens (tertiary/aromatic N) is 1. The maximum absolute atomic E-state index is 13.7. The molecule has 1 aliphatic carbocycles. The number of anilines is 1. The third-order valence-electron chi connectivity index (χ3n) is 3.34. The van der Waals surface area contributed by atoms with Crippen molar-refractivity contribution < 1.29 is 14.0 Å². The first-order valence-electron chi connectivity index (χ1n) is 5.48. The van der Waals surface area contributed by atoms with Crippen molar-refractivity contribution in [1.29, 1.82) is 0 Å². The largest absolute Gasteiger partial charge is 0.389 e. The molecule has 92 valence electrons. The maximum Gasteiger partial charge on any atom is 0.237 e. The number of rotatable bonds is 2. The molecule has 6 heteroatoms. The third-order valence-corrected chi connectivity index (χ3v) is 3.55. The van der Waals surface area contributed by atoms with Crippen molar-refractivity contribution >= 4 is 34.7 Å². The molecular weight excluding hydrogens is 255 g/mol. The van der Waals surface area contributed by atoms with Gasteiger partial charge in [-0.25, -0.2) is 9.29 Å². The fourth-order valence-corrected chi connectivity index (χ4v) is 2.56. The van der Waals surface area contributed by atoms with E-state index in [1.54, 1.807) is 0 Å². The molecule has 4 nitrogen and oxygen atoms in total. The van der Waals surface area contributed by atoms with E-state index in [1.165, 1.54) is 18.2 Å². The second-order valence-corrected chi connectivity index (χ2v) is 4.90. The number of imide groups is 1. The lowest BCUT2D eigenvalue weighted by Crippen LogP contribution is -2.34. The van der Waals surface area contributed by atoms with Gasteiger partial charge in [0.25, 0.3) is 0 Å². The van der Waals surface area contributed by atoms with E-state index < -0.39 is 5.82 Å². The van der Waals surface area contributed by atoms with E-state index in [4.69, 9.17) is 18.0 Å². The van der Waals surface area contributed by atoms with Crippen molar-refractivity contribution in [3.8, 4) is 0 Å². The highest BCUT2D eigenvalue weighted by molar-refractivity contribution is 7.80. The Labute approximate surface area is 108 Å². The molecule has 1 saturated heterocycles. The summed E-state index contributed by atoms with van der Waals surface area (Å²) in [5.41, 5.74) is 5.57. The number of carbonyl (C=O) groups excluding carboxylic acids is 2. The zero-order chi connectivity index (χ0) is 13.0. The molecule has 0 radical (unpaired) electrons. The Balaban J connectivity index is 2.13. The maximum atomic E-state index is 13.7. The van der Waals surface area contributed by atoms with Crippen LogP contribution in [0.15, 0.2) is 18.2 Å². The average Bonchev–Trinajstić information content (AvgIpc) is 3.03. The molecule has 1 saturated carbocycles. The highest BCUT2D eigenvalue weighted by Crippen LogP contribution is 2.48. The van der Waals surface area contributed by atoms with E-state index in [1.807, 2.05) is 0 Å². The number of benzene rings is 1. The van der Waals surface area contributed by atoms with Crippen molar-refractivity contribution in [2.75, 3.05) is 4.90 Å². The molecule has 0 spiro atoms. The standard InChI is InChI=1S/C12H9FN2O2S/c13-7-2-1-3-8(9(7)10(14)18)15-11(16)5-4-6(5)12(15)17/h1-3,5-6H,4H2,(H2,14,18). The predicted molar refractivity (Wildman–Crippen MR) is 66.4 cm³/mol. The minimum atomic E-state index is -0.624. The van der Waals surface area contributed by atoms with Gasteiger partial charge in [-0.15, -0.1) is 0 Å². The number of halogens is 1. The number of hydrogen-bond acceptors (Lipinski definition) is 3. The Morgan fingerprint density at radius 1 is 1.33 bits per heavy atom. The highest BCUT2D eigenvalue weighted by atomic mass is 32.1. The van der Waals surface area contributed by atoms with Crippen LogP contribution in [0.2, 0.25) is 0 Å². The zero-order valence-corrected chi connectivity index (χ0v) is 10.0. The van der Waals surface area contributed by atoms with Crippen LogP contribution in [0.5, 0.6) is 0 Å². The predicted octanol–water partition coefficient (Wildman–Crippen LogP) is 0.969. The van der Waals surface area contributed by atoms with Crippen molar-refractivity contribution in [3.05, 3.63) is 29.6 Å². The van der Waals surface area contributed by atoms with Crippen molar-refractivity contribution in [2.45, 2.75) is 6.42 Å². The van der Waals surface area contributed by atoms with E-state index in [9.17, 15) is 14.0 Å². The molecule has 2 unspecified atom stereocenters. The fourth-order valence-electron chi connectivity index (χ4n) is 2.36. The Bertz CT molecular complexity index is 582. The van der Waals surface area contributed by atoms with Crippen molar-refractivity contribution in [3.63, 3.8) is 0 Å². The third kappa shape index (κ3) is 1.38. The molecule has 2 atom stereocenters. The van der Waals surface area contributed by atoms with Crippen LogP contribution in [0.25, 0.3) is 0 Å². The Morgan fingerprint density at radius 3 is 2.50 bits per heavy atom. The number of fused-ring (bicyclic) bond motifs is 1. The van der Waals surface area contributed by atoms with Gasteiger partial charge in [-0.1, -0.05) is 18.3 Å². The topological polar surface area (TPSA) is 63.4 Å². The van der Waals surface area contributed by atoms with E-state index >= 15 is 0 Å². The van der Waals surface area contributed by atoms with Gasteiger partial charge in [-0.3, -0.25) is 9.59 Å². The molecule has 0 bridgehead atoms. The van der Waals surface area contributed by atoms with E-state index in [0.717, 1.165) is 4.90 Å². The molecule has 2 aliphatic rings. The van der Waals surface area contributed by atoms with Crippen molar-refractivity contribution in [1.82, 2.24) is 0 Å². The van der Waals surface area contributed by atoms with Crippen LogP contribution in [0.1, 0.15) is 12.0 Å². The summed E-state index contributed by atoms with van der Waals surface area (Å²) >= 11 is 4.78.